The molecule has 1 fully saturated rings. The molecule has 1 N–H and O–H groups in total. The lowest BCUT2D eigenvalue weighted by Gasteiger charge is -2.23. The molecule has 1 saturated heterocycles. The molecule has 0 amide bonds. The molecule has 4 heteroatoms. The average Bonchev–Trinajstić information content (AvgIpc) is 2.65. The highest BCUT2D eigenvalue weighted by atomic mass is 16.7. The van der Waals surface area contributed by atoms with Crippen LogP contribution in [-0.2, 0) is 11.3 Å². The van der Waals surface area contributed by atoms with Crippen LogP contribution in [0.1, 0.15) is 38.8 Å². The highest BCUT2D eigenvalue weighted by Gasteiger charge is 2.15. The van der Waals surface area contributed by atoms with Gasteiger partial charge in [0.2, 0.25) is 0 Å². The number of pyridine rings is 1. The maximum atomic E-state index is 9.14. The van der Waals surface area contributed by atoms with E-state index in [1.54, 1.807) is 6.07 Å². The van der Waals surface area contributed by atoms with E-state index in [9.17, 15) is 0 Å². The Morgan fingerprint density at radius 3 is 2.57 bits per heavy atom. The fraction of sp³-hybridized carbons (Fsp3) is 0.421. The summed E-state index contributed by atoms with van der Waals surface area (Å²) >= 11 is 0. The summed E-state index contributed by atoms with van der Waals surface area (Å²) in [7, 11) is 0. The number of ether oxygens (including phenoxy) is 2. The van der Waals surface area contributed by atoms with E-state index < -0.39 is 0 Å². The van der Waals surface area contributed by atoms with E-state index in [0.29, 0.717) is 5.69 Å². The minimum Gasteiger partial charge on any atom is -0.465 e. The van der Waals surface area contributed by atoms with Crippen molar-refractivity contribution in [3.8, 4) is 17.0 Å². The van der Waals surface area contributed by atoms with Crippen molar-refractivity contribution in [3.05, 3.63) is 48.2 Å². The number of hydrogen-bond acceptors (Lipinski definition) is 4. The van der Waals surface area contributed by atoms with Gasteiger partial charge in [-0.2, -0.15) is 0 Å². The summed E-state index contributed by atoms with van der Waals surface area (Å²) < 4.78 is 11.4. The number of aliphatic hydroxyl groups is 1. The molecular weight excluding hydrogens is 290 g/mol. The second-order valence-electron chi connectivity index (χ2n) is 5.11. The molecule has 0 spiro atoms. The summed E-state index contributed by atoms with van der Waals surface area (Å²) in [5.41, 5.74) is 2.52. The summed E-state index contributed by atoms with van der Waals surface area (Å²) in [4.78, 5) is 4.39. The molecule has 124 valence electrons. The predicted octanol–water partition coefficient (Wildman–Crippen LogP) is 4.17. The van der Waals surface area contributed by atoms with Crippen LogP contribution in [0.3, 0.4) is 0 Å². The molecular formula is C19H25NO3. The summed E-state index contributed by atoms with van der Waals surface area (Å²) in [5.74, 6) is 0.809. The maximum Gasteiger partial charge on any atom is 0.199 e. The maximum absolute atomic E-state index is 9.14. The van der Waals surface area contributed by atoms with Gasteiger partial charge < -0.3 is 14.6 Å². The van der Waals surface area contributed by atoms with Crippen LogP contribution in [-0.4, -0.2) is 23.0 Å². The van der Waals surface area contributed by atoms with Crippen LogP contribution in [0.25, 0.3) is 11.3 Å². The first-order valence-corrected chi connectivity index (χ1v) is 8.30. The Labute approximate surface area is 138 Å². The van der Waals surface area contributed by atoms with Crippen LogP contribution in [0.5, 0.6) is 5.75 Å². The monoisotopic (exact) mass is 315 g/mol. The summed E-state index contributed by atoms with van der Waals surface area (Å²) in [6, 6.07) is 13.4. The fourth-order valence-corrected chi connectivity index (χ4v) is 2.39. The van der Waals surface area contributed by atoms with Gasteiger partial charge in [-0.25, -0.2) is 0 Å². The third kappa shape index (κ3) is 5.05. The van der Waals surface area contributed by atoms with Gasteiger partial charge in [0.25, 0.3) is 0 Å². The third-order valence-electron chi connectivity index (χ3n) is 3.52. The average molecular weight is 315 g/mol. The normalized spacial score (nSPS) is 17.1. The summed E-state index contributed by atoms with van der Waals surface area (Å²) in [5, 5.41) is 9.14. The van der Waals surface area contributed by atoms with Crippen LogP contribution < -0.4 is 4.74 Å². The van der Waals surface area contributed by atoms with Gasteiger partial charge in [0, 0.05) is 12.0 Å². The van der Waals surface area contributed by atoms with Crippen molar-refractivity contribution in [1.82, 2.24) is 4.98 Å². The Kier molecular flexibility index (Phi) is 7.04. The van der Waals surface area contributed by atoms with Crippen molar-refractivity contribution in [3.63, 3.8) is 0 Å². The van der Waals surface area contributed by atoms with Crippen LogP contribution in [0.15, 0.2) is 42.5 Å². The topological polar surface area (TPSA) is 51.6 Å². The molecule has 0 bridgehead atoms. The number of hydrogen-bond donors (Lipinski definition) is 1. The molecule has 0 aliphatic carbocycles. The van der Waals surface area contributed by atoms with E-state index in [1.807, 2.05) is 50.2 Å². The molecule has 4 nitrogen and oxygen atoms in total. The van der Waals surface area contributed by atoms with Gasteiger partial charge in [0.05, 0.1) is 24.6 Å². The predicted molar refractivity (Wildman–Crippen MR) is 91.2 cm³/mol. The number of nitrogens with zero attached hydrogens (tertiary/aromatic N) is 1. The second-order valence-corrected chi connectivity index (χ2v) is 5.11. The van der Waals surface area contributed by atoms with Gasteiger partial charge >= 0.3 is 0 Å². The molecule has 23 heavy (non-hydrogen) atoms. The van der Waals surface area contributed by atoms with Crippen LogP contribution in [0.2, 0.25) is 0 Å². The van der Waals surface area contributed by atoms with Crippen molar-refractivity contribution < 1.29 is 14.6 Å². The summed E-state index contributed by atoms with van der Waals surface area (Å²) in [6.45, 7) is 4.73. The molecule has 2 aromatic rings. The van der Waals surface area contributed by atoms with Crippen LogP contribution in [0, 0.1) is 0 Å². The van der Waals surface area contributed by atoms with E-state index in [0.717, 1.165) is 42.9 Å². The molecule has 2 heterocycles. The molecule has 3 rings (SSSR count). The number of benzene rings is 1. The Bertz CT molecular complexity index is 577. The van der Waals surface area contributed by atoms with E-state index in [-0.39, 0.29) is 12.9 Å². The van der Waals surface area contributed by atoms with Gasteiger partial charge in [0.15, 0.2) is 6.29 Å². The van der Waals surface area contributed by atoms with E-state index >= 15 is 0 Å². The van der Waals surface area contributed by atoms with Gasteiger partial charge in [0.1, 0.15) is 5.75 Å². The molecule has 0 radical (unpaired) electrons. The quantitative estimate of drug-likeness (QED) is 0.920. The van der Waals surface area contributed by atoms with Gasteiger partial charge in [-0.3, -0.25) is 4.98 Å². The molecule has 1 aromatic carbocycles. The van der Waals surface area contributed by atoms with E-state index in [4.69, 9.17) is 14.6 Å². The van der Waals surface area contributed by atoms with Gasteiger partial charge in [-0.1, -0.05) is 19.9 Å². The van der Waals surface area contributed by atoms with Crippen molar-refractivity contribution >= 4 is 0 Å². The van der Waals surface area contributed by atoms with Gasteiger partial charge in [-0.05, 0) is 49.2 Å². The highest BCUT2D eigenvalue weighted by Crippen LogP contribution is 2.23. The second kappa shape index (κ2) is 9.28. The largest absolute Gasteiger partial charge is 0.465 e. The Hall–Kier alpha value is -1.91. The standard InChI is InChI=1S/C17H19NO3.C2H6/c19-12-14-4-3-5-16(18-14)13-7-9-15(10-8-13)21-17-6-1-2-11-20-17;1-2/h3-5,7-10,17,19H,1-2,6,11-12H2;1-2H3. The Morgan fingerprint density at radius 1 is 1.13 bits per heavy atom. The molecule has 0 saturated carbocycles. The number of rotatable bonds is 4. The Morgan fingerprint density at radius 2 is 1.91 bits per heavy atom. The van der Waals surface area contributed by atoms with E-state index in [2.05, 4.69) is 4.98 Å². The zero-order chi connectivity index (χ0) is 16.5. The minimum atomic E-state index is -0.125. The smallest absolute Gasteiger partial charge is 0.199 e. The van der Waals surface area contributed by atoms with Crippen molar-refractivity contribution in [2.75, 3.05) is 6.61 Å². The Balaban J connectivity index is 0.000000924. The number of aromatic nitrogens is 1. The first-order valence-electron chi connectivity index (χ1n) is 8.30. The molecule has 1 aliphatic heterocycles. The van der Waals surface area contributed by atoms with Crippen molar-refractivity contribution in [2.24, 2.45) is 0 Å². The molecule has 1 atom stereocenters. The SMILES string of the molecule is CC.OCc1cccc(-c2ccc(OC3CCCCO3)cc2)n1. The van der Waals surface area contributed by atoms with E-state index in [1.165, 1.54) is 0 Å². The van der Waals surface area contributed by atoms with Crippen molar-refractivity contribution in [2.45, 2.75) is 46.0 Å². The lowest BCUT2D eigenvalue weighted by Crippen LogP contribution is -2.24. The first-order chi connectivity index (χ1) is 11.3. The zero-order valence-electron chi connectivity index (χ0n) is 13.9. The highest BCUT2D eigenvalue weighted by molar-refractivity contribution is 5.60. The molecule has 1 unspecified atom stereocenters. The summed E-state index contributed by atoms with van der Waals surface area (Å²) in [6.07, 6.45) is 3.09. The fourth-order valence-electron chi connectivity index (χ4n) is 2.39. The van der Waals surface area contributed by atoms with Crippen LogP contribution >= 0.6 is 0 Å². The lowest BCUT2D eigenvalue weighted by molar-refractivity contribution is -0.105. The third-order valence-corrected chi connectivity index (χ3v) is 3.52. The zero-order valence-corrected chi connectivity index (χ0v) is 13.9. The van der Waals surface area contributed by atoms with Gasteiger partial charge in [-0.15, -0.1) is 0 Å². The molecule has 1 aromatic heterocycles. The first kappa shape index (κ1) is 17.4. The van der Waals surface area contributed by atoms with Crippen LogP contribution in [0.4, 0.5) is 0 Å². The lowest BCUT2D eigenvalue weighted by atomic mass is 10.1. The number of aliphatic hydroxyl groups excluding tert-OH is 1. The van der Waals surface area contributed by atoms with Crippen molar-refractivity contribution in [1.29, 1.82) is 0 Å². The minimum absolute atomic E-state index is 0.0476. The molecule has 1 aliphatic rings.